The average molecular weight is 353 g/mol. The Morgan fingerprint density at radius 1 is 1.23 bits per heavy atom. The Morgan fingerprint density at radius 3 is 3.00 bits per heavy atom. The number of aromatic nitrogens is 6. The van der Waals surface area contributed by atoms with E-state index in [2.05, 4.69) is 25.4 Å². The standard InChI is InChI=1S/C17H19N7O2/c1-26-9-8-23-10-12-15(19-11-20-16(12)22-23)18-6-7-24-14-5-3-2-4-13(14)21-17(24)25/h2-5,10-11H,6-9H2,1H3,(H,21,25)(H,18,19,20,22). The molecular weight excluding hydrogens is 334 g/mol. The van der Waals surface area contributed by atoms with Gasteiger partial charge in [-0.3, -0.25) is 9.25 Å². The van der Waals surface area contributed by atoms with E-state index >= 15 is 0 Å². The Balaban J connectivity index is 1.51. The number of anilines is 1. The maximum Gasteiger partial charge on any atom is 0.326 e. The molecule has 4 aromatic rings. The van der Waals surface area contributed by atoms with Gasteiger partial charge in [0.05, 0.1) is 29.6 Å². The molecule has 0 bridgehead atoms. The van der Waals surface area contributed by atoms with Crippen molar-refractivity contribution in [2.24, 2.45) is 0 Å². The van der Waals surface area contributed by atoms with Crippen LogP contribution in [0.4, 0.5) is 5.82 Å². The van der Waals surface area contributed by atoms with Gasteiger partial charge in [-0.2, -0.15) is 5.10 Å². The Bertz CT molecular complexity index is 1100. The zero-order chi connectivity index (χ0) is 17.9. The van der Waals surface area contributed by atoms with E-state index in [0.717, 1.165) is 16.4 Å². The predicted molar refractivity (Wildman–Crippen MR) is 98.2 cm³/mol. The molecule has 0 aliphatic rings. The van der Waals surface area contributed by atoms with Crippen LogP contribution in [0.2, 0.25) is 0 Å². The van der Waals surface area contributed by atoms with Crippen molar-refractivity contribution in [2.75, 3.05) is 25.6 Å². The highest BCUT2D eigenvalue weighted by atomic mass is 16.5. The molecule has 0 atom stereocenters. The highest BCUT2D eigenvalue weighted by Crippen LogP contribution is 2.17. The van der Waals surface area contributed by atoms with E-state index < -0.39 is 0 Å². The first-order chi connectivity index (χ1) is 12.8. The number of hydrogen-bond donors (Lipinski definition) is 2. The Kier molecular flexibility index (Phi) is 4.36. The lowest BCUT2D eigenvalue weighted by Gasteiger charge is -2.07. The van der Waals surface area contributed by atoms with Gasteiger partial charge in [0, 0.05) is 26.4 Å². The van der Waals surface area contributed by atoms with Crippen LogP contribution in [0.15, 0.2) is 41.6 Å². The lowest BCUT2D eigenvalue weighted by atomic mass is 10.3. The van der Waals surface area contributed by atoms with E-state index in [4.69, 9.17) is 4.74 Å². The SMILES string of the molecule is COCCn1cc2c(NCCn3c(=O)[nH]c4ccccc43)ncnc2n1. The summed E-state index contributed by atoms with van der Waals surface area (Å²) in [6.07, 6.45) is 3.38. The minimum Gasteiger partial charge on any atom is -0.383 e. The number of benzene rings is 1. The number of aromatic amines is 1. The lowest BCUT2D eigenvalue weighted by Crippen LogP contribution is -2.21. The molecule has 0 saturated heterocycles. The molecule has 0 fully saturated rings. The van der Waals surface area contributed by atoms with E-state index in [-0.39, 0.29) is 5.69 Å². The normalized spacial score (nSPS) is 11.4. The molecule has 1 aromatic carbocycles. The van der Waals surface area contributed by atoms with Crippen molar-refractivity contribution in [1.82, 2.24) is 29.3 Å². The van der Waals surface area contributed by atoms with Crippen molar-refractivity contribution < 1.29 is 4.74 Å². The largest absolute Gasteiger partial charge is 0.383 e. The van der Waals surface area contributed by atoms with Gasteiger partial charge in [-0.25, -0.2) is 14.8 Å². The molecule has 3 aromatic heterocycles. The van der Waals surface area contributed by atoms with Gasteiger partial charge in [0.1, 0.15) is 12.1 Å². The van der Waals surface area contributed by atoms with E-state index in [0.29, 0.717) is 37.7 Å². The molecule has 0 unspecified atom stereocenters. The molecule has 0 aliphatic heterocycles. The molecule has 4 rings (SSSR count). The number of hydrogen-bond acceptors (Lipinski definition) is 6. The number of nitrogens with one attached hydrogen (secondary N) is 2. The highest BCUT2D eigenvalue weighted by molar-refractivity contribution is 5.85. The van der Waals surface area contributed by atoms with Gasteiger partial charge in [0.15, 0.2) is 5.65 Å². The van der Waals surface area contributed by atoms with Gasteiger partial charge < -0.3 is 15.0 Å². The fraction of sp³-hybridized carbons (Fsp3) is 0.294. The summed E-state index contributed by atoms with van der Waals surface area (Å²) in [6.45, 7) is 2.30. The second-order valence-corrected chi connectivity index (χ2v) is 5.87. The van der Waals surface area contributed by atoms with Crippen LogP contribution in [0.25, 0.3) is 22.1 Å². The summed E-state index contributed by atoms with van der Waals surface area (Å²) in [4.78, 5) is 23.5. The van der Waals surface area contributed by atoms with Gasteiger partial charge in [-0.15, -0.1) is 0 Å². The first-order valence-electron chi connectivity index (χ1n) is 8.35. The average Bonchev–Trinajstić information content (AvgIpc) is 3.21. The van der Waals surface area contributed by atoms with Crippen molar-refractivity contribution in [3.63, 3.8) is 0 Å². The van der Waals surface area contributed by atoms with E-state index in [1.807, 2.05) is 30.5 Å². The maximum atomic E-state index is 12.1. The third-order valence-electron chi connectivity index (χ3n) is 4.20. The highest BCUT2D eigenvalue weighted by Gasteiger charge is 2.09. The topological polar surface area (TPSA) is 103 Å². The molecule has 0 saturated carbocycles. The van der Waals surface area contributed by atoms with Gasteiger partial charge in [0.2, 0.25) is 0 Å². The van der Waals surface area contributed by atoms with Crippen LogP contribution >= 0.6 is 0 Å². The van der Waals surface area contributed by atoms with Gasteiger partial charge in [-0.1, -0.05) is 12.1 Å². The maximum absolute atomic E-state index is 12.1. The Morgan fingerprint density at radius 2 is 2.12 bits per heavy atom. The number of fused-ring (bicyclic) bond motifs is 2. The van der Waals surface area contributed by atoms with Crippen molar-refractivity contribution >= 4 is 27.9 Å². The fourth-order valence-electron chi connectivity index (χ4n) is 2.94. The molecule has 2 N–H and O–H groups in total. The number of ether oxygens (including phenoxy) is 1. The number of rotatable bonds is 7. The van der Waals surface area contributed by atoms with Crippen molar-refractivity contribution in [2.45, 2.75) is 13.1 Å². The van der Waals surface area contributed by atoms with Crippen LogP contribution in [0.3, 0.4) is 0 Å². The molecule has 134 valence electrons. The summed E-state index contributed by atoms with van der Waals surface area (Å²) >= 11 is 0. The molecule has 0 radical (unpaired) electrons. The molecule has 26 heavy (non-hydrogen) atoms. The predicted octanol–water partition coefficient (Wildman–Crippen LogP) is 1.23. The summed E-state index contributed by atoms with van der Waals surface area (Å²) < 4.78 is 8.58. The minimum absolute atomic E-state index is 0.117. The Hall–Kier alpha value is -3.20. The fourth-order valence-corrected chi connectivity index (χ4v) is 2.94. The summed E-state index contributed by atoms with van der Waals surface area (Å²) in [5.41, 5.74) is 2.23. The molecule has 0 aliphatic carbocycles. The molecule has 3 heterocycles. The molecule has 9 nitrogen and oxygen atoms in total. The summed E-state index contributed by atoms with van der Waals surface area (Å²) in [7, 11) is 1.66. The lowest BCUT2D eigenvalue weighted by molar-refractivity contribution is 0.184. The van der Waals surface area contributed by atoms with Crippen LogP contribution in [0, 0.1) is 0 Å². The number of H-pyrrole nitrogens is 1. The Labute approximate surface area is 148 Å². The second-order valence-electron chi connectivity index (χ2n) is 5.87. The van der Waals surface area contributed by atoms with Crippen LogP contribution in [-0.2, 0) is 17.8 Å². The van der Waals surface area contributed by atoms with Crippen LogP contribution in [0.1, 0.15) is 0 Å². The monoisotopic (exact) mass is 353 g/mol. The number of nitrogens with zero attached hydrogens (tertiary/aromatic N) is 5. The van der Waals surface area contributed by atoms with Gasteiger partial charge >= 0.3 is 5.69 Å². The van der Waals surface area contributed by atoms with Crippen LogP contribution < -0.4 is 11.0 Å². The van der Waals surface area contributed by atoms with Crippen molar-refractivity contribution in [3.05, 3.63) is 47.3 Å². The quantitative estimate of drug-likeness (QED) is 0.518. The molecular formula is C17H19N7O2. The van der Waals surface area contributed by atoms with Crippen molar-refractivity contribution in [1.29, 1.82) is 0 Å². The minimum atomic E-state index is -0.117. The third-order valence-corrected chi connectivity index (χ3v) is 4.20. The zero-order valence-corrected chi connectivity index (χ0v) is 14.3. The first-order valence-corrected chi connectivity index (χ1v) is 8.35. The number of imidazole rings is 1. The van der Waals surface area contributed by atoms with E-state index in [1.54, 1.807) is 16.4 Å². The van der Waals surface area contributed by atoms with E-state index in [9.17, 15) is 4.79 Å². The first kappa shape index (κ1) is 16.3. The molecule has 9 heteroatoms. The van der Waals surface area contributed by atoms with Crippen molar-refractivity contribution in [3.8, 4) is 0 Å². The zero-order valence-electron chi connectivity index (χ0n) is 14.3. The summed E-state index contributed by atoms with van der Waals surface area (Å²) in [5.74, 6) is 0.701. The van der Waals surface area contributed by atoms with Crippen LogP contribution in [0.5, 0.6) is 0 Å². The number of para-hydroxylation sites is 2. The molecule has 0 spiro atoms. The van der Waals surface area contributed by atoms with Gasteiger partial charge in [-0.05, 0) is 12.1 Å². The van der Waals surface area contributed by atoms with Gasteiger partial charge in [0.25, 0.3) is 0 Å². The molecule has 0 amide bonds. The summed E-state index contributed by atoms with van der Waals surface area (Å²) in [6, 6.07) is 7.64. The number of methoxy groups -OCH3 is 1. The second kappa shape index (κ2) is 6.96. The third kappa shape index (κ3) is 3.04. The summed E-state index contributed by atoms with van der Waals surface area (Å²) in [5, 5.41) is 8.53. The smallest absolute Gasteiger partial charge is 0.326 e. The van der Waals surface area contributed by atoms with E-state index in [1.165, 1.54) is 6.33 Å². The van der Waals surface area contributed by atoms with Crippen LogP contribution in [-0.4, -0.2) is 49.6 Å².